The average Bonchev–Trinajstić information content (AvgIpc) is 3.08. The molecule has 1 unspecified atom stereocenters. The molecule has 0 aliphatic carbocycles. The highest BCUT2D eigenvalue weighted by Gasteiger charge is 2.16. The Morgan fingerprint density at radius 2 is 1.79 bits per heavy atom. The normalized spacial score (nSPS) is 14.0. The van der Waals surface area contributed by atoms with Gasteiger partial charge in [0.25, 0.3) is 5.91 Å². The van der Waals surface area contributed by atoms with Crippen molar-refractivity contribution >= 4 is 5.91 Å². The number of hydrogen-bond acceptors (Lipinski definition) is 4. The zero-order valence-corrected chi connectivity index (χ0v) is 14.2. The van der Waals surface area contributed by atoms with Crippen molar-refractivity contribution in [1.82, 2.24) is 10.6 Å². The molecule has 0 aromatic heterocycles. The molecule has 5 heteroatoms. The van der Waals surface area contributed by atoms with Crippen molar-refractivity contribution in [3.8, 4) is 11.5 Å². The van der Waals surface area contributed by atoms with Gasteiger partial charge in [-0.15, -0.1) is 0 Å². The molecule has 0 radical (unpaired) electrons. The van der Waals surface area contributed by atoms with Gasteiger partial charge in [0, 0.05) is 18.7 Å². The van der Waals surface area contributed by atoms with Gasteiger partial charge in [-0.2, -0.15) is 0 Å². The van der Waals surface area contributed by atoms with Crippen molar-refractivity contribution in [2.24, 2.45) is 0 Å². The summed E-state index contributed by atoms with van der Waals surface area (Å²) in [4.78, 5) is 12.5. The van der Waals surface area contributed by atoms with Crippen molar-refractivity contribution in [1.29, 1.82) is 0 Å². The molecule has 3 rings (SSSR count). The molecule has 1 heterocycles. The first-order chi connectivity index (χ1) is 11.6. The van der Waals surface area contributed by atoms with E-state index in [2.05, 4.69) is 10.6 Å². The Morgan fingerprint density at radius 1 is 1.04 bits per heavy atom. The predicted octanol–water partition coefficient (Wildman–Crippen LogP) is 2.80. The third-order valence-electron chi connectivity index (χ3n) is 4.35. The van der Waals surface area contributed by atoms with Gasteiger partial charge in [0.05, 0.1) is 20.3 Å². The summed E-state index contributed by atoms with van der Waals surface area (Å²) in [5, 5.41) is 6.32. The Kier molecular flexibility index (Phi) is 4.71. The van der Waals surface area contributed by atoms with Crippen LogP contribution in [0.2, 0.25) is 0 Å². The van der Waals surface area contributed by atoms with Gasteiger partial charge in [-0.05, 0) is 47.9 Å². The van der Waals surface area contributed by atoms with Crippen LogP contribution in [0.25, 0.3) is 0 Å². The summed E-state index contributed by atoms with van der Waals surface area (Å²) in [6.45, 7) is 3.65. The van der Waals surface area contributed by atoms with E-state index >= 15 is 0 Å². The van der Waals surface area contributed by atoms with Crippen LogP contribution in [0, 0.1) is 0 Å². The molecule has 1 amide bonds. The van der Waals surface area contributed by atoms with Crippen molar-refractivity contribution in [3.63, 3.8) is 0 Å². The highest BCUT2D eigenvalue weighted by atomic mass is 16.5. The van der Waals surface area contributed by atoms with Gasteiger partial charge in [0.15, 0.2) is 11.5 Å². The summed E-state index contributed by atoms with van der Waals surface area (Å²) < 4.78 is 10.6. The number of hydrogen-bond donors (Lipinski definition) is 2. The Balaban J connectivity index is 1.74. The topological polar surface area (TPSA) is 59.6 Å². The molecular formula is C19H22N2O3. The Morgan fingerprint density at radius 3 is 2.54 bits per heavy atom. The van der Waals surface area contributed by atoms with Crippen LogP contribution in [0.4, 0.5) is 0 Å². The maximum atomic E-state index is 12.5. The molecule has 0 saturated heterocycles. The highest BCUT2D eigenvalue weighted by molar-refractivity contribution is 5.94. The van der Waals surface area contributed by atoms with Gasteiger partial charge in [-0.3, -0.25) is 4.79 Å². The standard InChI is InChI=1S/C19H22N2O3/c1-12(13-6-7-17(23-2)18(9-13)24-3)21-19(22)14-4-5-15-10-20-11-16(15)8-14/h4-9,12,20H,10-11H2,1-3H3,(H,21,22). The minimum atomic E-state index is -0.135. The fourth-order valence-electron chi connectivity index (χ4n) is 2.92. The molecule has 0 fully saturated rings. The third kappa shape index (κ3) is 3.21. The van der Waals surface area contributed by atoms with E-state index < -0.39 is 0 Å². The monoisotopic (exact) mass is 326 g/mol. The largest absolute Gasteiger partial charge is 0.493 e. The molecule has 5 nitrogen and oxygen atoms in total. The van der Waals surface area contributed by atoms with E-state index in [4.69, 9.17) is 9.47 Å². The van der Waals surface area contributed by atoms with Crippen LogP contribution in [0.3, 0.4) is 0 Å². The molecule has 2 N–H and O–H groups in total. The maximum absolute atomic E-state index is 12.5. The number of carbonyl (C=O) groups is 1. The number of ether oxygens (including phenoxy) is 2. The molecule has 1 atom stereocenters. The number of amides is 1. The van der Waals surface area contributed by atoms with Gasteiger partial charge >= 0.3 is 0 Å². The first-order valence-corrected chi connectivity index (χ1v) is 7.97. The predicted molar refractivity (Wildman–Crippen MR) is 92.4 cm³/mol. The lowest BCUT2D eigenvalue weighted by Gasteiger charge is -2.17. The number of benzene rings is 2. The van der Waals surface area contributed by atoms with E-state index in [-0.39, 0.29) is 11.9 Å². The minimum Gasteiger partial charge on any atom is -0.493 e. The van der Waals surface area contributed by atoms with E-state index in [1.807, 2.05) is 43.3 Å². The molecule has 2 aromatic rings. The molecule has 0 saturated carbocycles. The van der Waals surface area contributed by atoms with Crippen molar-refractivity contribution in [3.05, 3.63) is 58.7 Å². The number of nitrogens with one attached hydrogen (secondary N) is 2. The zero-order valence-electron chi connectivity index (χ0n) is 14.2. The fourth-order valence-corrected chi connectivity index (χ4v) is 2.92. The quantitative estimate of drug-likeness (QED) is 0.887. The van der Waals surface area contributed by atoms with E-state index in [1.54, 1.807) is 14.2 Å². The third-order valence-corrected chi connectivity index (χ3v) is 4.35. The Labute approximate surface area is 142 Å². The second-order valence-electron chi connectivity index (χ2n) is 5.90. The number of carbonyl (C=O) groups excluding carboxylic acids is 1. The van der Waals surface area contributed by atoms with Gasteiger partial charge in [-0.25, -0.2) is 0 Å². The average molecular weight is 326 g/mol. The lowest BCUT2D eigenvalue weighted by Crippen LogP contribution is -2.26. The summed E-state index contributed by atoms with van der Waals surface area (Å²) in [5.41, 5.74) is 4.11. The smallest absolute Gasteiger partial charge is 0.251 e. The lowest BCUT2D eigenvalue weighted by molar-refractivity contribution is 0.0939. The molecule has 126 valence electrons. The molecule has 0 spiro atoms. The first-order valence-electron chi connectivity index (χ1n) is 7.97. The zero-order chi connectivity index (χ0) is 17.1. The highest BCUT2D eigenvalue weighted by Crippen LogP contribution is 2.30. The summed E-state index contributed by atoms with van der Waals surface area (Å²) in [6.07, 6.45) is 0. The van der Waals surface area contributed by atoms with Crippen LogP contribution in [-0.2, 0) is 13.1 Å². The molecule has 1 aliphatic rings. The van der Waals surface area contributed by atoms with Crippen LogP contribution in [-0.4, -0.2) is 20.1 Å². The molecule has 0 bridgehead atoms. The van der Waals surface area contributed by atoms with Gasteiger partial charge in [0.1, 0.15) is 0 Å². The number of rotatable bonds is 5. The van der Waals surface area contributed by atoms with E-state index in [0.717, 1.165) is 18.7 Å². The van der Waals surface area contributed by atoms with E-state index in [0.29, 0.717) is 17.1 Å². The summed E-state index contributed by atoms with van der Waals surface area (Å²) >= 11 is 0. The van der Waals surface area contributed by atoms with Crippen molar-refractivity contribution < 1.29 is 14.3 Å². The van der Waals surface area contributed by atoms with Crippen LogP contribution in [0.5, 0.6) is 11.5 Å². The lowest BCUT2D eigenvalue weighted by atomic mass is 10.0. The first kappa shape index (κ1) is 16.3. The SMILES string of the molecule is COc1ccc(C(C)NC(=O)c2ccc3c(c2)CNC3)cc1OC. The Hall–Kier alpha value is -2.53. The van der Waals surface area contributed by atoms with Gasteiger partial charge in [-0.1, -0.05) is 12.1 Å². The Bertz CT molecular complexity index is 758. The molecule has 1 aliphatic heterocycles. The maximum Gasteiger partial charge on any atom is 0.251 e. The number of methoxy groups -OCH3 is 2. The number of fused-ring (bicyclic) bond motifs is 1. The van der Waals surface area contributed by atoms with Crippen molar-refractivity contribution in [2.45, 2.75) is 26.1 Å². The molecular weight excluding hydrogens is 304 g/mol. The van der Waals surface area contributed by atoms with Crippen LogP contribution >= 0.6 is 0 Å². The fraction of sp³-hybridized carbons (Fsp3) is 0.316. The van der Waals surface area contributed by atoms with Crippen LogP contribution in [0.1, 0.15) is 40.0 Å². The second-order valence-corrected chi connectivity index (χ2v) is 5.90. The van der Waals surface area contributed by atoms with Gasteiger partial charge < -0.3 is 20.1 Å². The molecule has 24 heavy (non-hydrogen) atoms. The van der Waals surface area contributed by atoms with Gasteiger partial charge in [0.2, 0.25) is 0 Å². The summed E-state index contributed by atoms with van der Waals surface area (Å²) in [6, 6.07) is 11.4. The van der Waals surface area contributed by atoms with E-state index in [1.165, 1.54) is 11.1 Å². The summed E-state index contributed by atoms with van der Waals surface area (Å²) in [5.74, 6) is 1.25. The van der Waals surface area contributed by atoms with Crippen molar-refractivity contribution in [2.75, 3.05) is 14.2 Å². The second kappa shape index (κ2) is 6.93. The summed E-state index contributed by atoms with van der Waals surface area (Å²) in [7, 11) is 3.20. The van der Waals surface area contributed by atoms with Crippen LogP contribution < -0.4 is 20.1 Å². The van der Waals surface area contributed by atoms with E-state index in [9.17, 15) is 4.79 Å². The molecule has 2 aromatic carbocycles. The minimum absolute atomic E-state index is 0.0769. The van der Waals surface area contributed by atoms with Crippen LogP contribution in [0.15, 0.2) is 36.4 Å².